The highest BCUT2D eigenvalue weighted by Crippen LogP contribution is 2.21. The molecule has 32 heavy (non-hydrogen) atoms. The van der Waals surface area contributed by atoms with Gasteiger partial charge in [-0.25, -0.2) is 4.68 Å². The van der Waals surface area contributed by atoms with E-state index in [-0.39, 0.29) is 37.1 Å². The lowest BCUT2D eigenvalue weighted by atomic mass is 10.1. The molecule has 0 aliphatic rings. The Bertz CT molecular complexity index is 1160. The quantitative estimate of drug-likeness (QED) is 0.531. The number of anilines is 1. The van der Waals surface area contributed by atoms with Gasteiger partial charge in [0.2, 0.25) is 5.91 Å². The maximum Gasteiger partial charge on any atom is 0.266 e. The van der Waals surface area contributed by atoms with Crippen molar-refractivity contribution in [3.05, 3.63) is 71.0 Å². The van der Waals surface area contributed by atoms with Gasteiger partial charge >= 0.3 is 0 Å². The van der Waals surface area contributed by atoms with Gasteiger partial charge in [0.1, 0.15) is 11.5 Å². The number of carbonyl (C=O) groups excluding carboxylic acids is 2. The van der Waals surface area contributed by atoms with Gasteiger partial charge in [-0.05, 0) is 30.3 Å². The van der Waals surface area contributed by atoms with E-state index in [1.807, 2.05) is 24.3 Å². The highest BCUT2D eigenvalue weighted by molar-refractivity contribution is 5.88. The number of hydrogen-bond acceptors (Lipinski definition) is 6. The van der Waals surface area contributed by atoms with Crippen molar-refractivity contribution < 1.29 is 19.1 Å². The zero-order chi connectivity index (χ0) is 22.9. The van der Waals surface area contributed by atoms with Crippen LogP contribution in [-0.2, 0) is 16.1 Å². The summed E-state index contributed by atoms with van der Waals surface area (Å²) in [4.78, 5) is 35.3. The lowest BCUT2D eigenvalue weighted by molar-refractivity contribution is -0.123. The van der Waals surface area contributed by atoms with Crippen LogP contribution in [0.4, 0.5) is 5.69 Å². The minimum atomic E-state index is -0.341. The summed E-state index contributed by atoms with van der Waals surface area (Å²) in [6.45, 7) is 1.63. The molecule has 3 rings (SSSR count). The molecule has 0 spiro atoms. The molecule has 0 bridgehead atoms. The Balaban J connectivity index is 1.53. The summed E-state index contributed by atoms with van der Waals surface area (Å²) in [5, 5.41) is 9.72. The number of nitrogens with zero attached hydrogens (tertiary/aromatic N) is 2. The van der Waals surface area contributed by atoms with Gasteiger partial charge in [0, 0.05) is 36.9 Å². The van der Waals surface area contributed by atoms with Crippen LogP contribution in [-0.4, -0.2) is 41.9 Å². The Morgan fingerprint density at radius 3 is 2.59 bits per heavy atom. The molecule has 0 atom stereocenters. The van der Waals surface area contributed by atoms with E-state index < -0.39 is 0 Å². The Labute approximate surface area is 185 Å². The molecule has 2 N–H and O–H groups in total. The van der Waals surface area contributed by atoms with Crippen molar-refractivity contribution in [3.63, 3.8) is 0 Å². The highest BCUT2D eigenvalue weighted by Gasteiger charge is 2.07. The van der Waals surface area contributed by atoms with Gasteiger partial charge in [0.25, 0.3) is 11.5 Å². The van der Waals surface area contributed by atoms with Gasteiger partial charge in [-0.2, -0.15) is 5.10 Å². The van der Waals surface area contributed by atoms with Crippen LogP contribution in [0.1, 0.15) is 6.92 Å². The van der Waals surface area contributed by atoms with Crippen LogP contribution >= 0.6 is 0 Å². The van der Waals surface area contributed by atoms with Crippen molar-refractivity contribution in [2.45, 2.75) is 13.5 Å². The Morgan fingerprint density at radius 2 is 1.81 bits per heavy atom. The molecule has 9 nitrogen and oxygen atoms in total. The molecule has 1 aromatic heterocycles. The van der Waals surface area contributed by atoms with Gasteiger partial charge in [0.05, 0.1) is 19.3 Å². The van der Waals surface area contributed by atoms with Gasteiger partial charge in [-0.15, -0.1) is 0 Å². The number of rotatable bonds is 9. The van der Waals surface area contributed by atoms with E-state index >= 15 is 0 Å². The number of methoxy groups -OCH3 is 1. The summed E-state index contributed by atoms with van der Waals surface area (Å²) in [7, 11) is 1.58. The zero-order valence-corrected chi connectivity index (χ0v) is 17.8. The zero-order valence-electron chi connectivity index (χ0n) is 17.8. The fourth-order valence-corrected chi connectivity index (χ4v) is 2.91. The number of ether oxygens (including phenoxy) is 2. The molecule has 0 unspecified atom stereocenters. The molecular weight excluding hydrogens is 412 g/mol. The van der Waals surface area contributed by atoms with Gasteiger partial charge in [-0.3, -0.25) is 14.4 Å². The first-order valence-corrected chi connectivity index (χ1v) is 9.94. The largest absolute Gasteiger partial charge is 0.497 e. The molecule has 0 fully saturated rings. The summed E-state index contributed by atoms with van der Waals surface area (Å²) in [5.74, 6) is 0.610. The second-order valence-corrected chi connectivity index (χ2v) is 6.86. The molecule has 0 saturated carbocycles. The van der Waals surface area contributed by atoms with Crippen molar-refractivity contribution in [1.29, 1.82) is 0 Å². The van der Waals surface area contributed by atoms with Crippen molar-refractivity contribution in [3.8, 4) is 22.8 Å². The molecule has 2 aromatic carbocycles. The lowest BCUT2D eigenvalue weighted by Gasteiger charge is -2.10. The second-order valence-electron chi connectivity index (χ2n) is 6.86. The topological polar surface area (TPSA) is 112 Å². The summed E-state index contributed by atoms with van der Waals surface area (Å²) in [6, 6.07) is 17.2. The van der Waals surface area contributed by atoms with E-state index in [2.05, 4.69) is 15.7 Å². The van der Waals surface area contributed by atoms with Gasteiger partial charge < -0.3 is 20.1 Å². The molecule has 9 heteroatoms. The van der Waals surface area contributed by atoms with Gasteiger partial charge in [0.15, 0.2) is 6.61 Å². The van der Waals surface area contributed by atoms with Crippen molar-refractivity contribution in [2.24, 2.45) is 0 Å². The van der Waals surface area contributed by atoms with Crippen LogP contribution in [0.5, 0.6) is 11.5 Å². The third kappa shape index (κ3) is 6.43. The molecule has 1 heterocycles. The molecule has 0 radical (unpaired) electrons. The number of aromatic nitrogens is 2. The van der Waals surface area contributed by atoms with Crippen LogP contribution < -0.4 is 25.7 Å². The summed E-state index contributed by atoms with van der Waals surface area (Å²) < 4.78 is 12.0. The van der Waals surface area contributed by atoms with E-state index in [9.17, 15) is 14.4 Å². The van der Waals surface area contributed by atoms with Crippen LogP contribution in [0.3, 0.4) is 0 Å². The van der Waals surface area contributed by atoms with Crippen LogP contribution in [0, 0.1) is 0 Å². The number of benzene rings is 2. The molecular formula is C23H24N4O5. The summed E-state index contributed by atoms with van der Waals surface area (Å²) in [6.07, 6.45) is 0. The Kier molecular flexibility index (Phi) is 7.58. The molecule has 2 amide bonds. The van der Waals surface area contributed by atoms with Gasteiger partial charge in [-0.1, -0.05) is 18.2 Å². The van der Waals surface area contributed by atoms with Crippen molar-refractivity contribution in [1.82, 2.24) is 15.1 Å². The summed E-state index contributed by atoms with van der Waals surface area (Å²) in [5.41, 5.74) is 1.75. The monoisotopic (exact) mass is 436 g/mol. The van der Waals surface area contributed by atoms with Crippen molar-refractivity contribution >= 4 is 17.5 Å². The Hall–Kier alpha value is -4.14. The first-order chi connectivity index (χ1) is 15.4. The third-order valence-corrected chi connectivity index (χ3v) is 4.40. The molecule has 0 aliphatic heterocycles. The van der Waals surface area contributed by atoms with E-state index in [0.29, 0.717) is 22.9 Å². The van der Waals surface area contributed by atoms with E-state index in [0.717, 1.165) is 5.56 Å². The third-order valence-electron chi connectivity index (χ3n) is 4.40. The van der Waals surface area contributed by atoms with E-state index in [4.69, 9.17) is 9.47 Å². The van der Waals surface area contributed by atoms with E-state index in [1.54, 1.807) is 37.4 Å². The summed E-state index contributed by atoms with van der Waals surface area (Å²) >= 11 is 0. The SMILES string of the molecule is COc1cccc(-c2ccc(=O)n(CCNC(=O)COc3cccc(NC(C)=O)c3)n2)c1. The predicted molar refractivity (Wildman–Crippen MR) is 120 cm³/mol. The first kappa shape index (κ1) is 22.5. The average molecular weight is 436 g/mol. The smallest absolute Gasteiger partial charge is 0.266 e. The van der Waals surface area contributed by atoms with E-state index in [1.165, 1.54) is 17.7 Å². The minimum absolute atomic E-state index is 0.195. The molecule has 166 valence electrons. The number of hydrogen-bond donors (Lipinski definition) is 2. The fraction of sp³-hybridized carbons (Fsp3) is 0.217. The normalized spacial score (nSPS) is 10.3. The Morgan fingerprint density at radius 1 is 1.03 bits per heavy atom. The van der Waals surface area contributed by atoms with Crippen LogP contribution in [0.25, 0.3) is 11.3 Å². The lowest BCUT2D eigenvalue weighted by Crippen LogP contribution is -2.34. The first-order valence-electron chi connectivity index (χ1n) is 9.94. The molecule has 3 aromatic rings. The number of amides is 2. The maximum atomic E-state index is 12.1. The van der Waals surface area contributed by atoms with Crippen LogP contribution in [0.15, 0.2) is 65.5 Å². The van der Waals surface area contributed by atoms with Crippen LogP contribution in [0.2, 0.25) is 0 Å². The standard InChI is InChI=1S/C23H24N4O5/c1-16(28)25-18-6-4-8-20(14-18)32-15-22(29)24-11-12-27-23(30)10-9-21(26-27)17-5-3-7-19(13-17)31-2/h3-10,13-14H,11-12,15H2,1-2H3,(H,24,29)(H,25,28). The molecule has 0 aliphatic carbocycles. The number of nitrogens with one attached hydrogen (secondary N) is 2. The predicted octanol–water partition coefficient (Wildman–Crippen LogP) is 2.07. The highest BCUT2D eigenvalue weighted by atomic mass is 16.5. The maximum absolute atomic E-state index is 12.1. The average Bonchev–Trinajstić information content (AvgIpc) is 2.79. The number of carbonyl (C=O) groups is 2. The molecule has 0 saturated heterocycles. The second kappa shape index (κ2) is 10.8. The minimum Gasteiger partial charge on any atom is -0.497 e. The van der Waals surface area contributed by atoms with Crippen molar-refractivity contribution in [2.75, 3.05) is 25.6 Å². The fourth-order valence-electron chi connectivity index (χ4n) is 2.91.